The lowest BCUT2D eigenvalue weighted by Gasteiger charge is -2.06. The van der Waals surface area contributed by atoms with Crippen LogP contribution < -0.4 is 10.9 Å². The van der Waals surface area contributed by atoms with E-state index in [4.69, 9.17) is 0 Å². The number of carbonyl (C=O) groups is 1. The highest BCUT2D eigenvalue weighted by atomic mass is 19.1. The molecule has 8 nitrogen and oxygen atoms in total. The molecule has 0 unspecified atom stereocenters. The quantitative estimate of drug-likeness (QED) is 0.654. The third kappa shape index (κ3) is 3.08. The molecule has 1 aromatic carbocycles. The number of hydrogen-bond acceptors (Lipinski definition) is 5. The highest BCUT2D eigenvalue weighted by Gasteiger charge is 2.20. The molecule has 0 saturated carbocycles. The molecule has 21 heavy (non-hydrogen) atoms. The Hall–Kier alpha value is -3.10. The van der Waals surface area contributed by atoms with Crippen LogP contribution in [0.25, 0.3) is 0 Å². The van der Waals surface area contributed by atoms with Gasteiger partial charge in [-0.1, -0.05) is 0 Å². The Morgan fingerprint density at radius 3 is 2.71 bits per heavy atom. The minimum Gasteiger partial charge on any atom is -0.305 e. The van der Waals surface area contributed by atoms with E-state index >= 15 is 0 Å². The maximum absolute atomic E-state index is 13.9. The zero-order valence-electron chi connectivity index (χ0n) is 10.7. The Morgan fingerprint density at radius 1 is 1.43 bits per heavy atom. The number of H-pyrrole nitrogens is 1. The number of aryl methyl sites for hydroxylation is 1. The number of halogens is 1. The number of aromatic nitrogens is 2. The number of rotatable bonds is 3. The summed E-state index contributed by atoms with van der Waals surface area (Å²) in [5.74, 6) is -1.77. The van der Waals surface area contributed by atoms with E-state index < -0.39 is 33.5 Å². The van der Waals surface area contributed by atoms with Crippen molar-refractivity contribution in [3.8, 4) is 0 Å². The minimum atomic E-state index is -0.904. The van der Waals surface area contributed by atoms with Gasteiger partial charge in [-0.05, 0) is 18.6 Å². The number of hydrogen-bond donors (Lipinski definition) is 2. The molecular weight excluding hydrogens is 283 g/mol. The first-order valence-electron chi connectivity index (χ1n) is 5.70. The van der Waals surface area contributed by atoms with Crippen LogP contribution in [-0.4, -0.2) is 21.0 Å². The highest BCUT2D eigenvalue weighted by molar-refractivity contribution is 6.04. The number of nitrogens with zero attached hydrogens (tertiary/aromatic N) is 2. The van der Waals surface area contributed by atoms with Crippen LogP contribution in [0.2, 0.25) is 0 Å². The van der Waals surface area contributed by atoms with Crippen LogP contribution in [0, 0.1) is 22.9 Å². The summed E-state index contributed by atoms with van der Waals surface area (Å²) in [5.41, 5.74) is -1.36. The Bertz CT molecular complexity index is 767. The van der Waals surface area contributed by atoms with Gasteiger partial charge < -0.3 is 5.32 Å². The van der Waals surface area contributed by atoms with E-state index in [1.807, 2.05) is 0 Å². The van der Waals surface area contributed by atoms with Gasteiger partial charge in [-0.3, -0.25) is 19.7 Å². The first-order chi connectivity index (χ1) is 9.88. The standard InChI is InChI=1S/C12H9FN4O4/c1-6-4-7(17(20)21)5-8(11(6)13)12(19)14-9-2-3-10(18)16-15-9/h2-5H,1H3,(H,16,18)(H,14,15,19). The average molecular weight is 292 g/mol. The van der Waals surface area contributed by atoms with Crippen molar-refractivity contribution in [1.29, 1.82) is 0 Å². The summed E-state index contributed by atoms with van der Waals surface area (Å²) >= 11 is 0. The molecule has 0 bridgehead atoms. The number of nitro benzene ring substituents is 1. The maximum Gasteiger partial charge on any atom is 0.270 e. The second kappa shape index (κ2) is 5.49. The molecule has 2 N–H and O–H groups in total. The summed E-state index contributed by atoms with van der Waals surface area (Å²) in [4.78, 5) is 32.8. The van der Waals surface area contributed by atoms with Crippen molar-refractivity contribution in [2.45, 2.75) is 6.92 Å². The van der Waals surface area contributed by atoms with Crippen LogP contribution in [0.4, 0.5) is 15.9 Å². The summed E-state index contributed by atoms with van der Waals surface area (Å²) in [5, 5.41) is 18.6. The molecular formula is C12H9FN4O4. The second-order valence-corrected chi connectivity index (χ2v) is 4.14. The van der Waals surface area contributed by atoms with Crippen LogP contribution in [0.3, 0.4) is 0 Å². The predicted molar refractivity (Wildman–Crippen MR) is 70.6 cm³/mol. The molecule has 0 atom stereocenters. The van der Waals surface area contributed by atoms with Crippen LogP contribution in [0.1, 0.15) is 15.9 Å². The Balaban J connectivity index is 2.36. The topological polar surface area (TPSA) is 118 Å². The molecule has 0 aliphatic heterocycles. The van der Waals surface area contributed by atoms with Crippen LogP contribution in [0.5, 0.6) is 0 Å². The van der Waals surface area contributed by atoms with E-state index in [0.29, 0.717) is 0 Å². The zero-order valence-corrected chi connectivity index (χ0v) is 10.7. The molecule has 1 heterocycles. The Morgan fingerprint density at radius 2 is 2.14 bits per heavy atom. The third-order valence-corrected chi connectivity index (χ3v) is 2.62. The lowest BCUT2D eigenvalue weighted by molar-refractivity contribution is -0.385. The molecule has 0 spiro atoms. The van der Waals surface area contributed by atoms with Crippen molar-refractivity contribution in [3.63, 3.8) is 0 Å². The number of non-ortho nitro benzene ring substituents is 1. The first kappa shape index (κ1) is 14.3. The lowest BCUT2D eigenvalue weighted by Crippen LogP contribution is -2.17. The van der Waals surface area contributed by atoms with E-state index in [1.54, 1.807) is 0 Å². The zero-order chi connectivity index (χ0) is 15.6. The largest absolute Gasteiger partial charge is 0.305 e. The number of nitro groups is 1. The molecule has 108 valence electrons. The van der Waals surface area contributed by atoms with Crippen molar-refractivity contribution in [3.05, 3.63) is 61.7 Å². The number of aromatic amines is 1. The fraction of sp³-hybridized carbons (Fsp3) is 0.0833. The van der Waals surface area contributed by atoms with E-state index in [9.17, 15) is 24.1 Å². The lowest BCUT2D eigenvalue weighted by atomic mass is 10.1. The van der Waals surface area contributed by atoms with Gasteiger partial charge in [-0.2, -0.15) is 5.10 Å². The van der Waals surface area contributed by atoms with Gasteiger partial charge in [0, 0.05) is 18.2 Å². The van der Waals surface area contributed by atoms with Crippen molar-refractivity contribution in [2.24, 2.45) is 0 Å². The third-order valence-electron chi connectivity index (χ3n) is 2.62. The van der Waals surface area contributed by atoms with Gasteiger partial charge in [0.2, 0.25) is 0 Å². The summed E-state index contributed by atoms with van der Waals surface area (Å²) in [6.07, 6.45) is 0. The van der Waals surface area contributed by atoms with Crippen molar-refractivity contribution in [2.75, 3.05) is 5.32 Å². The smallest absolute Gasteiger partial charge is 0.270 e. The van der Waals surface area contributed by atoms with E-state index in [1.165, 1.54) is 13.0 Å². The molecule has 0 aliphatic rings. The second-order valence-electron chi connectivity index (χ2n) is 4.14. The summed E-state index contributed by atoms with van der Waals surface area (Å²) < 4.78 is 13.9. The molecule has 0 fully saturated rings. The van der Waals surface area contributed by atoms with Gasteiger partial charge in [-0.15, -0.1) is 0 Å². The van der Waals surface area contributed by atoms with Gasteiger partial charge in [0.1, 0.15) is 5.82 Å². The van der Waals surface area contributed by atoms with Crippen molar-refractivity contribution in [1.82, 2.24) is 10.2 Å². The highest BCUT2D eigenvalue weighted by Crippen LogP contribution is 2.21. The number of nitrogens with one attached hydrogen (secondary N) is 2. The monoisotopic (exact) mass is 292 g/mol. The number of amides is 1. The fourth-order valence-electron chi connectivity index (χ4n) is 1.62. The molecule has 2 aromatic rings. The Kier molecular flexibility index (Phi) is 3.74. The molecule has 1 aromatic heterocycles. The van der Waals surface area contributed by atoms with E-state index in [-0.39, 0.29) is 11.4 Å². The Labute approximate surface area is 116 Å². The summed E-state index contributed by atoms with van der Waals surface area (Å²) in [6, 6.07) is 4.21. The number of benzene rings is 1. The van der Waals surface area contributed by atoms with Gasteiger partial charge >= 0.3 is 0 Å². The minimum absolute atomic E-state index is 0.0110. The van der Waals surface area contributed by atoms with Crippen LogP contribution in [-0.2, 0) is 0 Å². The van der Waals surface area contributed by atoms with E-state index in [0.717, 1.165) is 18.2 Å². The van der Waals surface area contributed by atoms with Crippen molar-refractivity contribution < 1.29 is 14.1 Å². The molecule has 9 heteroatoms. The normalized spacial score (nSPS) is 10.2. The van der Waals surface area contributed by atoms with Crippen LogP contribution >= 0.6 is 0 Å². The fourth-order valence-corrected chi connectivity index (χ4v) is 1.62. The maximum atomic E-state index is 13.9. The molecule has 0 aliphatic carbocycles. The molecule has 0 radical (unpaired) electrons. The van der Waals surface area contributed by atoms with Gasteiger partial charge in [0.05, 0.1) is 10.5 Å². The van der Waals surface area contributed by atoms with Crippen molar-refractivity contribution >= 4 is 17.4 Å². The first-order valence-corrected chi connectivity index (χ1v) is 5.70. The predicted octanol–water partition coefficient (Wildman–Crippen LogP) is 1.38. The molecule has 2 rings (SSSR count). The van der Waals surface area contributed by atoms with Gasteiger partial charge in [0.15, 0.2) is 5.82 Å². The summed E-state index contributed by atoms with van der Waals surface area (Å²) in [6.45, 7) is 1.32. The van der Waals surface area contributed by atoms with E-state index in [2.05, 4.69) is 15.5 Å². The summed E-state index contributed by atoms with van der Waals surface area (Å²) in [7, 11) is 0. The average Bonchev–Trinajstić information content (AvgIpc) is 2.43. The molecule has 0 saturated heterocycles. The van der Waals surface area contributed by atoms with Gasteiger partial charge in [-0.25, -0.2) is 9.49 Å². The van der Waals surface area contributed by atoms with Gasteiger partial charge in [0.25, 0.3) is 17.2 Å². The SMILES string of the molecule is Cc1cc([N+](=O)[O-])cc(C(=O)Nc2ccc(=O)[nH]n2)c1F. The molecule has 1 amide bonds. The van der Waals surface area contributed by atoms with Crippen LogP contribution in [0.15, 0.2) is 29.1 Å². The number of anilines is 1. The number of carbonyl (C=O) groups excluding carboxylic acids is 1.